The van der Waals surface area contributed by atoms with Crippen LogP contribution < -0.4 is 10.6 Å². The van der Waals surface area contributed by atoms with Crippen LogP contribution in [0.3, 0.4) is 0 Å². The minimum Gasteiger partial charge on any atom is -0.336 e. The number of rotatable bonds is 4. The van der Waals surface area contributed by atoms with Gasteiger partial charge in [-0.2, -0.15) is 0 Å². The van der Waals surface area contributed by atoms with Crippen LogP contribution in [0, 0.1) is 20.8 Å². The fourth-order valence-electron chi connectivity index (χ4n) is 3.54. The summed E-state index contributed by atoms with van der Waals surface area (Å²) in [5.41, 5.74) is 5.16. The molecule has 1 aliphatic heterocycles. The van der Waals surface area contributed by atoms with Gasteiger partial charge < -0.3 is 15.5 Å². The molecule has 0 aliphatic carbocycles. The Morgan fingerprint density at radius 1 is 1.12 bits per heavy atom. The number of hydrogen-bond acceptors (Lipinski definition) is 2. The van der Waals surface area contributed by atoms with Crippen LogP contribution in [0.1, 0.15) is 28.7 Å². The highest BCUT2D eigenvalue weighted by Crippen LogP contribution is 2.22. The summed E-state index contributed by atoms with van der Waals surface area (Å²) in [6, 6.07) is 13.5. The minimum absolute atomic E-state index is 0.0712. The van der Waals surface area contributed by atoms with E-state index >= 15 is 0 Å². The Balaban J connectivity index is 1.58. The topological polar surface area (TPSA) is 61.4 Å². The molecule has 0 saturated carbocycles. The average Bonchev–Trinajstić information content (AvgIpc) is 2.91. The highest BCUT2D eigenvalue weighted by atomic mass is 16.2. The second kappa shape index (κ2) is 7.60. The molecule has 5 heteroatoms. The van der Waals surface area contributed by atoms with Crippen molar-refractivity contribution in [1.29, 1.82) is 0 Å². The molecule has 2 aromatic carbocycles. The first kappa shape index (κ1) is 18.0. The molecule has 3 rings (SSSR count). The smallest absolute Gasteiger partial charge is 0.319 e. The molecule has 5 nitrogen and oxygen atoms in total. The van der Waals surface area contributed by atoms with E-state index in [-0.39, 0.29) is 18.0 Å². The van der Waals surface area contributed by atoms with Crippen molar-refractivity contribution in [3.63, 3.8) is 0 Å². The van der Waals surface area contributed by atoms with Gasteiger partial charge in [-0.1, -0.05) is 48.0 Å². The molecule has 136 valence electrons. The van der Waals surface area contributed by atoms with Gasteiger partial charge in [-0.15, -0.1) is 0 Å². The Hall–Kier alpha value is -2.82. The summed E-state index contributed by atoms with van der Waals surface area (Å²) in [4.78, 5) is 26.4. The van der Waals surface area contributed by atoms with Gasteiger partial charge in [0.15, 0.2) is 0 Å². The molecule has 26 heavy (non-hydrogen) atoms. The number of aryl methyl sites for hydroxylation is 3. The predicted octanol–water partition coefficient (Wildman–Crippen LogP) is 3.53. The quantitative estimate of drug-likeness (QED) is 0.885. The highest BCUT2D eigenvalue weighted by molar-refractivity contribution is 5.92. The van der Waals surface area contributed by atoms with Gasteiger partial charge in [0.25, 0.3) is 0 Å². The van der Waals surface area contributed by atoms with Crippen LogP contribution in [0.25, 0.3) is 0 Å². The van der Waals surface area contributed by atoms with Gasteiger partial charge >= 0.3 is 6.03 Å². The molecule has 2 N–H and O–H groups in total. The third kappa shape index (κ3) is 4.23. The maximum Gasteiger partial charge on any atom is 0.319 e. The van der Waals surface area contributed by atoms with E-state index in [1.807, 2.05) is 63.2 Å². The molecule has 1 atom stereocenters. The van der Waals surface area contributed by atoms with E-state index in [1.165, 1.54) is 5.56 Å². The molecule has 0 radical (unpaired) electrons. The van der Waals surface area contributed by atoms with Crippen molar-refractivity contribution in [2.45, 2.75) is 39.8 Å². The zero-order valence-electron chi connectivity index (χ0n) is 15.5. The number of amides is 3. The molecule has 1 saturated heterocycles. The zero-order chi connectivity index (χ0) is 18.7. The number of carbonyl (C=O) groups excluding carboxylic acids is 2. The number of hydrogen-bond donors (Lipinski definition) is 2. The molecule has 1 fully saturated rings. The van der Waals surface area contributed by atoms with Gasteiger partial charge in [0.2, 0.25) is 5.91 Å². The average molecular weight is 351 g/mol. The normalized spacial score (nSPS) is 16.7. The van der Waals surface area contributed by atoms with E-state index in [9.17, 15) is 9.59 Å². The Kier molecular flexibility index (Phi) is 5.26. The number of anilines is 1. The van der Waals surface area contributed by atoms with Crippen LogP contribution in [0.15, 0.2) is 42.5 Å². The number of urea groups is 1. The third-order valence-electron chi connectivity index (χ3n) is 4.68. The van der Waals surface area contributed by atoms with Crippen LogP contribution in [0.2, 0.25) is 0 Å². The number of likely N-dealkylation sites (tertiary alicyclic amines) is 1. The minimum atomic E-state index is -0.264. The van der Waals surface area contributed by atoms with Crippen molar-refractivity contribution in [2.24, 2.45) is 0 Å². The van der Waals surface area contributed by atoms with Crippen LogP contribution in [0.4, 0.5) is 10.5 Å². The Morgan fingerprint density at radius 2 is 1.77 bits per heavy atom. The summed E-state index contributed by atoms with van der Waals surface area (Å²) in [7, 11) is 0. The lowest BCUT2D eigenvalue weighted by molar-refractivity contribution is -0.128. The molecule has 1 heterocycles. The SMILES string of the molecule is Cc1cc(C)c(NC(=O)NC2CC(=O)N(Cc3ccccc3)C2)c(C)c1. The number of carbonyl (C=O) groups is 2. The molecule has 1 aliphatic rings. The van der Waals surface area contributed by atoms with Gasteiger partial charge in [-0.3, -0.25) is 4.79 Å². The fraction of sp³-hybridized carbons (Fsp3) is 0.333. The Morgan fingerprint density at radius 3 is 2.42 bits per heavy atom. The van der Waals surface area contributed by atoms with Gasteiger partial charge in [-0.05, 0) is 37.5 Å². The summed E-state index contributed by atoms with van der Waals surface area (Å²) in [5, 5.41) is 5.86. The lowest BCUT2D eigenvalue weighted by atomic mass is 10.1. The first-order chi connectivity index (χ1) is 12.4. The second-order valence-corrected chi connectivity index (χ2v) is 7.03. The molecular formula is C21H25N3O2. The van der Waals surface area contributed by atoms with Crippen molar-refractivity contribution >= 4 is 17.6 Å². The molecule has 3 amide bonds. The summed E-state index contributed by atoms with van der Waals surface area (Å²) in [6.07, 6.45) is 0.339. The van der Waals surface area contributed by atoms with E-state index in [4.69, 9.17) is 0 Å². The molecule has 2 aromatic rings. The molecule has 0 bridgehead atoms. The zero-order valence-corrected chi connectivity index (χ0v) is 15.5. The maximum absolute atomic E-state index is 12.4. The van der Waals surface area contributed by atoms with E-state index < -0.39 is 0 Å². The number of benzene rings is 2. The van der Waals surface area contributed by atoms with Gasteiger partial charge in [0.1, 0.15) is 0 Å². The van der Waals surface area contributed by atoms with Gasteiger partial charge in [-0.25, -0.2) is 4.79 Å². The number of nitrogens with one attached hydrogen (secondary N) is 2. The lowest BCUT2D eigenvalue weighted by Crippen LogP contribution is -2.39. The second-order valence-electron chi connectivity index (χ2n) is 7.03. The van der Waals surface area contributed by atoms with E-state index in [0.717, 1.165) is 22.4 Å². The molecular weight excluding hydrogens is 326 g/mol. The lowest BCUT2D eigenvalue weighted by Gasteiger charge is -2.18. The highest BCUT2D eigenvalue weighted by Gasteiger charge is 2.30. The van der Waals surface area contributed by atoms with Crippen molar-refractivity contribution in [2.75, 3.05) is 11.9 Å². The predicted molar refractivity (Wildman–Crippen MR) is 103 cm³/mol. The van der Waals surface area contributed by atoms with Crippen molar-refractivity contribution in [1.82, 2.24) is 10.2 Å². The monoisotopic (exact) mass is 351 g/mol. The van der Waals surface area contributed by atoms with Crippen LogP contribution in [0.5, 0.6) is 0 Å². The fourth-order valence-corrected chi connectivity index (χ4v) is 3.54. The van der Waals surface area contributed by atoms with E-state index in [0.29, 0.717) is 19.5 Å². The Bertz CT molecular complexity index is 794. The van der Waals surface area contributed by atoms with Crippen LogP contribution >= 0.6 is 0 Å². The first-order valence-electron chi connectivity index (χ1n) is 8.89. The molecule has 1 unspecified atom stereocenters. The van der Waals surface area contributed by atoms with Gasteiger partial charge in [0, 0.05) is 25.2 Å². The van der Waals surface area contributed by atoms with Crippen molar-refractivity contribution in [3.05, 3.63) is 64.7 Å². The summed E-state index contributed by atoms with van der Waals surface area (Å²) < 4.78 is 0. The standard InChI is InChI=1S/C21H25N3O2/c1-14-9-15(2)20(16(3)10-14)23-21(26)22-18-11-19(25)24(13-18)12-17-7-5-4-6-8-17/h4-10,18H,11-13H2,1-3H3,(H2,22,23,26). The number of nitrogens with zero attached hydrogens (tertiary/aromatic N) is 1. The first-order valence-corrected chi connectivity index (χ1v) is 8.89. The Labute approximate surface area is 154 Å². The van der Waals surface area contributed by atoms with Crippen LogP contribution in [-0.2, 0) is 11.3 Å². The van der Waals surface area contributed by atoms with Crippen LogP contribution in [-0.4, -0.2) is 29.4 Å². The summed E-state index contributed by atoms with van der Waals surface area (Å²) in [5.74, 6) is 0.0712. The molecule has 0 spiro atoms. The van der Waals surface area contributed by atoms with E-state index in [1.54, 1.807) is 4.90 Å². The molecule has 0 aromatic heterocycles. The maximum atomic E-state index is 12.4. The van der Waals surface area contributed by atoms with E-state index in [2.05, 4.69) is 10.6 Å². The van der Waals surface area contributed by atoms with Crippen molar-refractivity contribution < 1.29 is 9.59 Å². The van der Waals surface area contributed by atoms with Gasteiger partial charge in [0.05, 0.1) is 6.04 Å². The summed E-state index contributed by atoms with van der Waals surface area (Å²) in [6.45, 7) is 7.12. The van der Waals surface area contributed by atoms with Crippen molar-refractivity contribution in [3.8, 4) is 0 Å². The summed E-state index contributed by atoms with van der Waals surface area (Å²) >= 11 is 0. The largest absolute Gasteiger partial charge is 0.336 e. The third-order valence-corrected chi connectivity index (χ3v) is 4.68.